The van der Waals surface area contributed by atoms with Crippen molar-refractivity contribution in [1.29, 1.82) is 0 Å². The second kappa shape index (κ2) is 18.7. The highest BCUT2D eigenvalue weighted by atomic mass is 16.5. The number of phenols is 1. The lowest BCUT2D eigenvalue weighted by molar-refractivity contribution is -0.152. The monoisotopic (exact) mass is 602 g/mol. The van der Waals surface area contributed by atoms with Crippen molar-refractivity contribution in [3.63, 3.8) is 0 Å². The van der Waals surface area contributed by atoms with Crippen LogP contribution < -0.4 is 10.1 Å². The van der Waals surface area contributed by atoms with Crippen LogP contribution in [0.3, 0.4) is 0 Å². The van der Waals surface area contributed by atoms with E-state index in [9.17, 15) is 14.7 Å². The van der Waals surface area contributed by atoms with Crippen molar-refractivity contribution in [2.75, 3.05) is 25.0 Å². The van der Waals surface area contributed by atoms with E-state index in [1.165, 1.54) is 50.5 Å². The molecule has 3 aromatic carbocycles. The van der Waals surface area contributed by atoms with Gasteiger partial charge in [0.1, 0.15) is 17.2 Å². The highest BCUT2D eigenvalue weighted by molar-refractivity contribution is 6.37. The topological polar surface area (TPSA) is 88.1 Å². The number of nitrogens with zero attached hydrogens (tertiary/aromatic N) is 1. The second-order valence-electron chi connectivity index (χ2n) is 11.5. The zero-order valence-electron chi connectivity index (χ0n) is 27.0. The summed E-state index contributed by atoms with van der Waals surface area (Å²) >= 11 is 0. The molecule has 0 aromatic heterocycles. The van der Waals surface area contributed by atoms with Crippen LogP contribution in [-0.2, 0) is 27.3 Å². The minimum absolute atomic E-state index is 0.135. The third-order valence-electron chi connectivity index (χ3n) is 7.73. The van der Waals surface area contributed by atoms with E-state index in [2.05, 4.69) is 41.4 Å². The van der Waals surface area contributed by atoms with Crippen LogP contribution in [0.2, 0.25) is 0 Å². The van der Waals surface area contributed by atoms with E-state index in [1.807, 2.05) is 26.0 Å². The van der Waals surface area contributed by atoms with Crippen LogP contribution in [0.15, 0.2) is 60.7 Å². The Hall–Kier alpha value is -3.84. The zero-order chi connectivity index (χ0) is 31.7. The second-order valence-corrected chi connectivity index (χ2v) is 11.5. The van der Waals surface area contributed by atoms with Crippen molar-refractivity contribution >= 4 is 17.6 Å². The Labute approximate surface area is 263 Å². The van der Waals surface area contributed by atoms with Gasteiger partial charge in [0.2, 0.25) is 0 Å². The van der Waals surface area contributed by atoms with Crippen molar-refractivity contribution in [2.45, 2.75) is 92.0 Å². The van der Waals surface area contributed by atoms with Crippen LogP contribution in [0, 0.1) is 13.8 Å². The van der Waals surface area contributed by atoms with Gasteiger partial charge in [-0.3, -0.25) is 9.69 Å². The Morgan fingerprint density at radius 3 is 2.14 bits per heavy atom. The van der Waals surface area contributed by atoms with Gasteiger partial charge in [0.05, 0.1) is 6.61 Å². The van der Waals surface area contributed by atoms with Gasteiger partial charge < -0.3 is 19.9 Å². The van der Waals surface area contributed by atoms with Gasteiger partial charge in [-0.25, -0.2) is 4.79 Å². The number of hydrogen-bond acceptors (Lipinski definition) is 6. The Kier molecular flexibility index (Phi) is 14.8. The summed E-state index contributed by atoms with van der Waals surface area (Å²) in [4.78, 5) is 26.2. The number of phenolic OH excluding ortho intramolecular Hbond substituents is 1. The molecular formula is C37H50N2O5. The Balaban J connectivity index is 1.67. The van der Waals surface area contributed by atoms with Gasteiger partial charge in [0, 0.05) is 24.3 Å². The molecule has 238 valence electrons. The van der Waals surface area contributed by atoms with E-state index in [-0.39, 0.29) is 12.4 Å². The van der Waals surface area contributed by atoms with Gasteiger partial charge >= 0.3 is 11.9 Å². The highest BCUT2D eigenvalue weighted by Crippen LogP contribution is 2.34. The number of rotatable bonds is 18. The summed E-state index contributed by atoms with van der Waals surface area (Å²) < 4.78 is 11.1. The van der Waals surface area contributed by atoms with Crippen LogP contribution >= 0.6 is 0 Å². The first-order valence-electron chi connectivity index (χ1n) is 16.2. The predicted octanol–water partition coefficient (Wildman–Crippen LogP) is 8.49. The third kappa shape index (κ3) is 11.7. The van der Waals surface area contributed by atoms with E-state index < -0.39 is 11.9 Å². The molecule has 0 bridgehead atoms. The van der Waals surface area contributed by atoms with Gasteiger partial charge in [-0.1, -0.05) is 82.2 Å². The number of aromatic hydroxyl groups is 1. The van der Waals surface area contributed by atoms with E-state index in [0.29, 0.717) is 23.7 Å². The summed E-state index contributed by atoms with van der Waals surface area (Å²) in [5.41, 5.74) is 4.23. The molecule has 0 aliphatic rings. The maximum atomic E-state index is 12.1. The molecule has 0 radical (unpaired) electrons. The molecule has 3 rings (SSSR count). The van der Waals surface area contributed by atoms with Crippen molar-refractivity contribution in [2.24, 2.45) is 0 Å². The quantitative estimate of drug-likeness (QED) is 0.0862. The summed E-state index contributed by atoms with van der Waals surface area (Å²) in [6.07, 6.45) is 11.2. The van der Waals surface area contributed by atoms with E-state index in [4.69, 9.17) is 9.47 Å². The largest absolute Gasteiger partial charge is 0.508 e. The normalized spacial score (nSPS) is 11.0. The molecule has 0 aliphatic carbocycles. The predicted molar refractivity (Wildman–Crippen MR) is 177 cm³/mol. The molecule has 2 N–H and O–H groups in total. The Morgan fingerprint density at radius 1 is 0.818 bits per heavy atom. The number of anilines is 1. The molecule has 0 saturated carbocycles. The van der Waals surface area contributed by atoms with Crippen LogP contribution in [0.5, 0.6) is 17.2 Å². The lowest BCUT2D eigenvalue weighted by Crippen LogP contribution is -2.27. The standard InChI is InChI=1S/C37H50N2O5/c1-5-7-8-9-10-11-12-16-22-39(23-21-30-17-14-13-15-18-30)27-31-26-33(19-20-34(31)40)44-35-28(3)24-32(25-29(35)4)38-36(41)37(42)43-6-2/h13-15,17-20,24-26,40H,5-12,16,21-23,27H2,1-4H3,(H,38,41). The highest BCUT2D eigenvalue weighted by Gasteiger charge is 2.17. The molecule has 44 heavy (non-hydrogen) atoms. The van der Waals surface area contributed by atoms with E-state index >= 15 is 0 Å². The smallest absolute Gasteiger partial charge is 0.397 e. The average Bonchev–Trinajstić information content (AvgIpc) is 3.01. The molecule has 0 unspecified atom stereocenters. The van der Waals surface area contributed by atoms with Crippen molar-refractivity contribution in [3.8, 4) is 17.2 Å². The first-order chi connectivity index (χ1) is 21.3. The molecule has 0 aliphatic heterocycles. The molecule has 0 fully saturated rings. The zero-order valence-corrected chi connectivity index (χ0v) is 27.0. The molecule has 1 amide bonds. The molecule has 0 spiro atoms. The Bertz CT molecular complexity index is 1300. The molecule has 7 nitrogen and oxygen atoms in total. The summed E-state index contributed by atoms with van der Waals surface area (Å²) in [6, 6.07) is 19.4. The van der Waals surface area contributed by atoms with Crippen molar-refractivity contribution < 1.29 is 24.2 Å². The number of carbonyl (C=O) groups excluding carboxylic acids is 2. The van der Waals surface area contributed by atoms with Crippen molar-refractivity contribution in [3.05, 3.63) is 82.9 Å². The summed E-state index contributed by atoms with van der Waals surface area (Å²) in [7, 11) is 0. The first-order valence-corrected chi connectivity index (χ1v) is 16.2. The number of aryl methyl sites for hydroxylation is 2. The number of carbonyl (C=O) groups is 2. The minimum atomic E-state index is -0.917. The molecule has 7 heteroatoms. The van der Waals surface area contributed by atoms with Crippen LogP contribution in [0.1, 0.15) is 87.5 Å². The Morgan fingerprint density at radius 2 is 1.48 bits per heavy atom. The number of benzene rings is 3. The number of nitrogens with one attached hydrogen (secondary N) is 1. The van der Waals surface area contributed by atoms with Crippen LogP contribution in [-0.4, -0.2) is 41.6 Å². The molecule has 3 aromatic rings. The lowest BCUT2D eigenvalue weighted by atomic mass is 10.1. The van der Waals surface area contributed by atoms with Gasteiger partial charge in [0.25, 0.3) is 0 Å². The molecular weight excluding hydrogens is 552 g/mol. The number of ether oxygens (including phenoxy) is 2. The third-order valence-corrected chi connectivity index (χ3v) is 7.73. The number of amides is 1. The van der Waals surface area contributed by atoms with Crippen LogP contribution in [0.25, 0.3) is 0 Å². The van der Waals surface area contributed by atoms with Crippen molar-refractivity contribution in [1.82, 2.24) is 4.90 Å². The maximum absolute atomic E-state index is 12.1. The fraction of sp³-hybridized carbons (Fsp3) is 0.459. The van der Waals surface area contributed by atoms with Gasteiger partial charge in [-0.15, -0.1) is 0 Å². The fourth-order valence-corrected chi connectivity index (χ4v) is 5.34. The average molecular weight is 603 g/mol. The molecule has 0 saturated heterocycles. The fourth-order valence-electron chi connectivity index (χ4n) is 5.34. The number of unbranched alkanes of at least 4 members (excludes halogenated alkanes) is 7. The molecule has 0 atom stereocenters. The number of hydrogen-bond donors (Lipinski definition) is 2. The summed E-state index contributed by atoms with van der Waals surface area (Å²) in [5, 5.41) is 13.4. The van der Waals surface area contributed by atoms with Gasteiger partial charge in [-0.2, -0.15) is 0 Å². The maximum Gasteiger partial charge on any atom is 0.397 e. The van der Waals surface area contributed by atoms with Gasteiger partial charge in [-0.05, 0) is 87.2 Å². The number of esters is 1. The summed E-state index contributed by atoms with van der Waals surface area (Å²) in [5.74, 6) is -0.187. The SMILES string of the molecule is CCCCCCCCCCN(CCc1ccccc1)Cc1cc(Oc2c(C)cc(NC(=O)C(=O)OCC)cc2C)ccc1O. The first kappa shape index (κ1) is 34.6. The molecule has 0 heterocycles. The minimum Gasteiger partial charge on any atom is -0.508 e. The lowest BCUT2D eigenvalue weighted by Gasteiger charge is -2.23. The van der Waals surface area contributed by atoms with E-state index in [0.717, 1.165) is 42.6 Å². The van der Waals surface area contributed by atoms with Crippen LogP contribution in [0.4, 0.5) is 5.69 Å². The van der Waals surface area contributed by atoms with E-state index in [1.54, 1.807) is 31.2 Å². The van der Waals surface area contributed by atoms with Gasteiger partial charge in [0.15, 0.2) is 0 Å². The summed E-state index contributed by atoms with van der Waals surface area (Å²) in [6.45, 7) is 10.3.